The average molecular weight is 256 g/mol. The van der Waals surface area contributed by atoms with Crippen molar-refractivity contribution in [1.82, 2.24) is 0 Å². The number of rotatable bonds is 4. The standard InChI is InChI=1S/C15H17BO3/c1-11-8-12(2)15(16(17)18)14(9-11)19-10-13-6-4-3-5-7-13/h3-9,17-18H,10H2,1-2H3. The van der Waals surface area contributed by atoms with Crippen LogP contribution in [0, 0.1) is 13.8 Å². The molecule has 2 rings (SSSR count). The van der Waals surface area contributed by atoms with E-state index in [1.165, 1.54) is 0 Å². The molecule has 0 aliphatic heterocycles. The second-order valence-electron chi connectivity index (χ2n) is 4.64. The van der Waals surface area contributed by atoms with E-state index in [-0.39, 0.29) is 0 Å². The minimum absolute atomic E-state index is 0.406. The van der Waals surface area contributed by atoms with Crippen molar-refractivity contribution in [3.05, 3.63) is 59.2 Å². The molecule has 0 aliphatic carbocycles. The zero-order valence-electron chi connectivity index (χ0n) is 11.1. The average Bonchev–Trinajstić information content (AvgIpc) is 2.36. The highest BCUT2D eigenvalue weighted by molar-refractivity contribution is 6.60. The third-order valence-electron chi connectivity index (χ3n) is 2.99. The highest BCUT2D eigenvalue weighted by Crippen LogP contribution is 2.16. The minimum atomic E-state index is -1.52. The first-order chi connectivity index (χ1) is 9.08. The monoisotopic (exact) mass is 256 g/mol. The maximum Gasteiger partial charge on any atom is 0.492 e. The predicted molar refractivity (Wildman–Crippen MR) is 76.5 cm³/mol. The van der Waals surface area contributed by atoms with Gasteiger partial charge in [-0.3, -0.25) is 0 Å². The molecule has 2 aromatic carbocycles. The SMILES string of the molecule is Cc1cc(C)c(B(O)O)c(OCc2ccccc2)c1. The van der Waals surface area contributed by atoms with E-state index >= 15 is 0 Å². The quantitative estimate of drug-likeness (QED) is 0.816. The van der Waals surface area contributed by atoms with Crippen LogP contribution in [0.1, 0.15) is 16.7 Å². The van der Waals surface area contributed by atoms with Gasteiger partial charge in [-0.05, 0) is 36.6 Å². The van der Waals surface area contributed by atoms with Gasteiger partial charge < -0.3 is 14.8 Å². The van der Waals surface area contributed by atoms with Crippen molar-refractivity contribution in [3.8, 4) is 5.75 Å². The third kappa shape index (κ3) is 3.37. The first kappa shape index (κ1) is 13.7. The Bertz CT molecular complexity index is 553. The Morgan fingerprint density at radius 2 is 1.74 bits per heavy atom. The minimum Gasteiger partial charge on any atom is -0.489 e. The first-order valence-electron chi connectivity index (χ1n) is 6.22. The van der Waals surface area contributed by atoms with Gasteiger partial charge in [-0.25, -0.2) is 0 Å². The molecule has 0 aromatic heterocycles. The zero-order valence-corrected chi connectivity index (χ0v) is 11.1. The summed E-state index contributed by atoms with van der Waals surface area (Å²) in [5, 5.41) is 18.9. The van der Waals surface area contributed by atoms with Crippen LogP contribution in [-0.4, -0.2) is 17.2 Å². The largest absolute Gasteiger partial charge is 0.492 e. The molecule has 0 unspecified atom stereocenters. The summed E-state index contributed by atoms with van der Waals surface area (Å²) in [6.45, 7) is 4.20. The topological polar surface area (TPSA) is 49.7 Å². The molecule has 0 spiro atoms. The van der Waals surface area contributed by atoms with E-state index in [2.05, 4.69) is 0 Å². The first-order valence-corrected chi connectivity index (χ1v) is 6.22. The molecular formula is C15H17BO3. The van der Waals surface area contributed by atoms with Crippen molar-refractivity contribution in [2.75, 3.05) is 0 Å². The Labute approximate surface area is 113 Å². The summed E-state index contributed by atoms with van der Waals surface area (Å²) in [5.41, 5.74) is 3.32. The lowest BCUT2D eigenvalue weighted by molar-refractivity contribution is 0.306. The van der Waals surface area contributed by atoms with Gasteiger partial charge in [0.2, 0.25) is 0 Å². The lowest BCUT2D eigenvalue weighted by atomic mass is 9.76. The van der Waals surface area contributed by atoms with Gasteiger partial charge in [-0.2, -0.15) is 0 Å². The predicted octanol–water partition coefficient (Wildman–Crippen LogP) is 1.56. The third-order valence-corrected chi connectivity index (χ3v) is 2.99. The van der Waals surface area contributed by atoms with Crippen molar-refractivity contribution in [2.45, 2.75) is 20.5 Å². The van der Waals surface area contributed by atoms with Gasteiger partial charge in [-0.15, -0.1) is 0 Å². The van der Waals surface area contributed by atoms with E-state index in [0.717, 1.165) is 16.7 Å². The van der Waals surface area contributed by atoms with Crippen LogP contribution in [0.5, 0.6) is 5.75 Å². The van der Waals surface area contributed by atoms with Crippen molar-refractivity contribution < 1.29 is 14.8 Å². The summed E-state index contributed by atoms with van der Waals surface area (Å²) < 4.78 is 5.73. The van der Waals surface area contributed by atoms with Crippen molar-refractivity contribution >= 4 is 12.6 Å². The van der Waals surface area contributed by atoms with Crippen LogP contribution in [0.4, 0.5) is 0 Å². The number of hydrogen-bond donors (Lipinski definition) is 2. The number of hydrogen-bond acceptors (Lipinski definition) is 3. The molecule has 3 nitrogen and oxygen atoms in total. The summed E-state index contributed by atoms with van der Waals surface area (Å²) in [6.07, 6.45) is 0. The Hall–Kier alpha value is -1.78. The second-order valence-corrected chi connectivity index (χ2v) is 4.64. The van der Waals surface area contributed by atoms with Gasteiger partial charge in [0.05, 0.1) is 0 Å². The summed E-state index contributed by atoms with van der Waals surface area (Å²) in [5.74, 6) is 0.524. The van der Waals surface area contributed by atoms with E-state index < -0.39 is 7.12 Å². The van der Waals surface area contributed by atoms with Crippen LogP contribution in [0.25, 0.3) is 0 Å². The van der Waals surface area contributed by atoms with Gasteiger partial charge in [0.1, 0.15) is 12.4 Å². The number of aryl methyl sites for hydroxylation is 2. The molecule has 0 amide bonds. The molecule has 19 heavy (non-hydrogen) atoms. The molecule has 0 fully saturated rings. The Balaban J connectivity index is 2.24. The molecule has 0 bridgehead atoms. The summed E-state index contributed by atoms with van der Waals surface area (Å²) >= 11 is 0. The Morgan fingerprint density at radius 3 is 2.37 bits per heavy atom. The normalized spacial score (nSPS) is 10.3. The van der Waals surface area contributed by atoms with E-state index in [1.54, 1.807) is 0 Å². The molecule has 2 aromatic rings. The zero-order chi connectivity index (χ0) is 13.8. The van der Waals surface area contributed by atoms with E-state index in [0.29, 0.717) is 17.8 Å². The van der Waals surface area contributed by atoms with Crippen LogP contribution >= 0.6 is 0 Å². The van der Waals surface area contributed by atoms with E-state index in [4.69, 9.17) is 4.74 Å². The molecule has 0 saturated heterocycles. The fraction of sp³-hybridized carbons (Fsp3) is 0.200. The molecule has 0 radical (unpaired) electrons. The van der Waals surface area contributed by atoms with Gasteiger partial charge in [-0.1, -0.05) is 36.4 Å². The van der Waals surface area contributed by atoms with E-state index in [1.807, 2.05) is 56.3 Å². The molecule has 2 N–H and O–H groups in total. The maximum absolute atomic E-state index is 9.45. The fourth-order valence-corrected chi connectivity index (χ4v) is 2.13. The van der Waals surface area contributed by atoms with Crippen LogP contribution in [0.2, 0.25) is 0 Å². The Kier molecular flexibility index (Phi) is 4.25. The molecule has 98 valence electrons. The summed E-state index contributed by atoms with van der Waals surface area (Å²) in [6, 6.07) is 13.5. The van der Waals surface area contributed by atoms with Crippen molar-refractivity contribution in [3.63, 3.8) is 0 Å². The number of ether oxygens (including phenoxy) is 1. The summed E-state index contributed by atoms with van der Waals surface area (Å²) in [4.78, 5) is 0. The lowest BCUT2D eigenvalue weighted by Gasteiger charge is -2.14. The van der Waals surface area contributed by atoms with Crippen LogP contribution in [-0.2, 0) is 6.61 Å². The maximum atomic E-state index is 9.45. The molecule has 0 aliphatic rings. The fourth-order valence-electron chi connectivity index (χ4n) is 2.13. The summed E-state index contributed by atoms with van der Waals surface area (Å²) in [7, 11) is -1.52. The molecule has 0 heterocycles. The van der Waals surface area contributed by atoms with Crippen LogP contribution < -0.4 is 10.2 Å². The second kappa shape index (κ2) is 5.91. The molecule has 4 heteroatoms. The van der Waals surface area contributed by atoms with Gasteiger partial charge in [0.25, 0.3) is 0 Å². The van der Waals surface area contributed by atoms with Crippen molar-refractivity contribution in [1.29, 1.82) is 0 Å². The smallest absolute Gasteiger partial charge is 0.489 e. The van der Waals surface area contributed by atoms with Crippen molar-refractivity contribution in [2.24, 2.45) is 0 Å². The number of benzene rings is 2. The highest BCUT2D eigenvalue weighted by atomic mass is 16.5. The molecule has 0 saturated carbocycles. The Morgan fingerprint density at radius 1 is 1.05 bits per heavy atom. The van der Waals surface area contributed by atoms with E-state index in [9.17, 15) is 10.0 Å². The van der Waals surface area contributed by atoms with Crippen LogP contribution in [0.15, 0.2) is 42.5 Å². The van der Waals surface area contributed by atoms with Gasteiger partial charge in [0, 0.05) is 5.46 Å². The molecule has 0 atom stereocenters. The highest BCUT2D eigenvalue weighted by Gasteiger charge is 2.20. The van der Waals surface area contributed by atoms with Gasteiger partial charge in [0.15, 0.2) is 0 Å². The lowest BCUT2D eigenvalue weighted by Crippen LogP contribution is -2.33. The van der Waals surface area contributed by atoms with Crippen LogP contribution in [0.3, 0.4) is 0 Å². The van der Waals surface area contributed by atoms with Gasteiger partial charge >= 0.3 is 7.12 Å². The molecular weight excluding hydrogens is 239 g/mol.